The van der Waals surface area contributed by atoms with Crippen molar-refractivity contribution in [2.45, 2.75) is 0 Å². The summed E-state index contributed by atoms with van der Waals surface area (Å²) in [6.45, 7) is 0. The fraction of sp³-hybridized carbons (Fsp3) is 0. The second-order valence-corrected chi connectivity index (χ2v) is 16.1. The Morgan fingerprint density at radius 3 is 1.61 bits per heavy atom. The van der Waals surface area contributed by atoms with E-state index in [1.54, 1.807) is 0 Å². The van der Waals surface area contributed by atoms with Gasteiger partial charge in [0.05, 0.1) is 28.1 Å². The fourth-order valence-corrected chi connectivity index (χ4v) is 9.63. The van der Waals surface area contributed by atoms with Crippen LogP contribution in [0.3, 0.4) is 0 Å². The van der Waals surface area contributed by atoms with Crippen LogP contribution in [0.4, 0.5) is 17.1 Å². The molecule has 11 aromatic carbocycles. The van der Waals surface area contributed by atoms with Crippen LogP contribution in [-0.4, -0.2) is 4.57 Å². The van der Waals surface area contributed by atoms with E-state index < -0.39 is 0 Å². The standard InChI is InChI=1S/C60H40N2/c1-2-16-42(17-3-1)50-22-8-12-26-56(50)61(48-36-34-41(35-37-48)47-33-32-44-31-30-43-18-6-7-21-49(43)54(44)38-47)57-27-13-9-23-51(57)52-24-10-14-28-58(52)62-59-29-15-11-25-53(59)55-39-45-19-4-5-20-46(45)40-60(55)62/h1-40H. The summed E-state index contributed by atoms with van der Waals surface area (Å²) < 4.78 is 2.47. The maximum absolute atomic E-state index is 2.47. The highest BCUT2D eigenvalue weighted by molar-refractivity contribution is 6.14. The molecule has 0 saturated heterocycles. The summed E-state index contributed by atoms with van der Waals surface area (Å²) in [5.74, 6) is 0. The topological polar surface area (TPSA) is 8.17 Å². The minimum atomic E-state index is 1.08. The monoisotopic (exact) mass is 788 g/mol. The number of para-hydroxylation sites is 4. The highest BCUT2D eigenvalue weighted by Gasteiger charge is 2.23. The van der Waals surface area contributed by atoms with Gasteiger partial charge in [-0.2, -0.15) is 0 Å². The van der Waals surface area contributed by atoms with E-state index in [1.165, 1.54) is 70.8 Å². The van der Waals surface area contributed by atoms with Gasteiger partial charge in [-0.25, -0.2) is 0 Å². The predicted octanol–water partition coefficient (Wildman–Crippen LogP) is 16.7. The van der Waals surface area contributed by atoms with Gasteiger partial charge in [-0.3, -0.25) is 0 Å². The summed E-state index contributed by atoms with van der Waals surface area (Å²) in [6, 6.07) is 88.6. The first-order chi connectivity index (χ1) is 30.8. The lowest BCUT2D eigenvalue weighted by atomic mass is 9.96. The highest BCUT2D eigenvalue weighted by Crippen LogP contribution is 2.47. The smallest absolute Gasteiger partial charge is 0.0547 e. The molecule has 12 rings (SSSR count). The molecule has 0 unspecified atom stereocenters. The van der Waals surface area contributed by atoms with Crippen molar-refractivity contribution in [3.63, 3.8) is 0 Å². The van der Waals surface area contributed by atoms with Crippen molar-refractivity contribution in [1.29, 1.82) is 0 Å². The number of nitrogens with zero attached hydrogens (tertiary/aromatic N) is 2. The Balaban J connectivity index is 1.06. The molecular formula is C60H40N2. The lowest BCUT2D eigenvalue weighted by Crippen LogP contribution is -2.12. The van der Waals surface area contributed by atoms with E-state index in [0.717, 1.165) is 39.4 Å². The van der Waals surface area contributed by atoms with Crippen LogP contribution in [0.15, 0.2) is 243 Å². The zero-order valence-electron chi connectivity index (χ0n) is 34.0. The number of fused-ring (bicyclic) bond motifs is 7. The van der Waals surface area contributed by atoms with Crippen LogP contribution in [0.5, 0.6) is 0 Å². The van der Waals surface area contributed by atoms with Crippen molar-refractivity contribution in [3.05, 3.63) is 243 Å². The zero-order chi connectivity index (χ0) is 41.0. The van der Waals surface area contributed by atoms with Crippen LogP contribution in [0, 0.1) is 0 Å². The summed E-state index contributed by atoms with van der Waals surface area (Å²) in [5, 5.41) is 10.0. The Kier molecular flexibility index (Phi) is 8.53. The summed E-state index contributed by atoms with van der Waals surface area (Å²) in [4.78, 5) is 2.45. The average Bonchev–Trinajstić information content (AvgIpc) is 3.66. The summed E-state index contributed by atoms with van der Waals surface area (Å²) in [7, 11) is 0. The predicted molar refractivity (Wildman–Crippen MR) is 264 cm³/mol. The fourth-order valence-electron chi connectivity index (χ4n) is 9.63. The quantitative estimate of drug-likeness (QED) is 0.146. The Morgan fingerprint density at radius 1 is 0.274 bits per heavy atom. The van der Waals surface area contributed by atoms with Gasteiger partial charge in [0.1, 0.15) is 0 Å². The van der Waals surface area contributed by atoms with Gasteiger partial charge in [0.2, 0.25) is 0 Å². The molecule has 0 aliphatic rings. The average molecular weight is 789 g/mol. The maximum atomic E-state index is 2.47. The molecule has 0 radical (unpaired) electrons. The van der Waals surface area contributed by atoms with E-state index in [9.17, 15) is 0 Å². The van der Waals surface area contributed by atoms with Gasteiger partial charge in [-0.05, 0) is 104 Å². The minimum absolute atomic E-state index is 1.08. The minimum Gasteiger partial charge on any atom is -0.309 e. The lowest BCUT2D eigenvalue weighted by molar-refractivity contribution is 1.18. The Hall–Kier alpha value is -8.20. The maximum Gasteiger partial charge on any atom is 0.0547 e. The molecule has 0 atom stereocenters. The summed E-state index contributed by atoms with van der Waals surface area (Å²) in [6.07, 6.45) is 0. The molecule has 2 heteroatoms. The number of benzene rings is 11. The molecule has 290 valence electrons. The molecule has 0 amide bonds. The van der Waals surface area contributed by atoms with E-state index in [1.807, 2.05) is 0 Å². The first-order valence-electron chi connectivity index (χ1n) is 21.3. The normalized spacial score (nSPS) is 11.5. The molecule has 0 aliphatic heterocycles. The van der Waals surface area contributed by atoms with Crippen molar-refractivity contribution < 1.29 is 0 Å². The molecule has 0 bridgehead atoms. The number of rotatable bonds is 7. The van der Waals surface area contributed by atoms with Crippen molar-refractivity contribution in [2.75, 3.05) is 4.90 Å². The number of anilines is 3. The van der Waals surface area contributed by atoms with E-state index in [2.05, 4.69) is 252 Å². The van der Waals surface area contributed by atoms with Gasteiger partial charge in [0.15, 0.2) is 0 Å². The molecule has 1 aromatic heterocycles. The van der Waals surface area contributed by atoms with Gasteiger partial charge in [0.25, 0.3) is 0 Å². The largest absolute Gasteiger partial charge is 0.309 e. The Labute approximate surface area is 360 Å². The Morgan fingerprint density at radius 2 is 0.823 bits per heavy atom. The third kappa shape index (κ3) is 5.96. The van der Waals surface area contributed by atoms with Crippen LogP contribution in [-0.2, 0) is 0 Å². The van der Waals surface area contributed by atoms with Gasteiger partial charge in [0, 0.05) is 33.2 Å². The molecule has 1 heterocycles. The third-order valence-corrected chi connectivity index (χ3v) is 12.6. The number of hydrogen-bond acceptors (Lipinski definition) is 1. The molecule has 0 spiro atoms. The van der Waals surface area contributed by atoms with Crippen LogP contribution in [0.2, 0.25) is 0 Å². The lowest BCUT2D eigenvalue weighted by Gasteiger charge is -2.30. The third-order valence-electron chi connectivity index (χ3n) is 12.6. The number of hydrogen-bond donors (Lipinski definition) is 0. The van der Waals surface area contributed by atoms with Gasteiger partial charge >= 0.3 is 0 Å². The van der Waals surface area contributed by atoms with Crippen LogP contribution in [0.25, 0.3) is 93.2 Å². The molecule has 0 fully saturated rings. The molecule has 12 aromatic rings. The van der Waals surface area contributed by atoms with Crippen LogP contribution >= 0.6 is 0 Å². The van der Waals surface area contributed by atoms with E-state index in [0.29, 0.717) is 0 Å². The zero-order valence-corrected chi connectivity index (χ0v) is 34.0. The summed E-state index contributed by atoms with van der Waals surface area (Å²) >= 11 is 0. The van der Waals surface area contributed by atoms with Crippen molar-refractivity contribution in [3.8, 4) is 39.1 Å². The van der Waals surface area contributed by atoms with Crippen molar-refractivity contribution >= 4 is 71.2 Å². The van der Waals surface area contributed by atoms with Crippen LogP contribution < -0.4 is 4.90 Å². The Bertz CT molecular complexity index is 3640. The van der Waals surface area contributed by atoms with Gasteiger partial charge in [-0.15, -0.1) is 0 Å². The first kappa shape index (κ1) is 35.7. The molecule has 0 aliphatic carbocycles. The molecule has 0 saturated carbocycles. The molecule has 0 N–H and O–H groups in total. The van der Waals surface area contributed by atoms with Gasteiger partial charge in [-0.1, -0.05) is 188 Å². The van der Waals surface area contributed by atoms with Crippen LogP contribution in [0.1, 0.15) is 0 Å². The SMILES string of the molecule is c1ccc(-c2ccccc2N(c2ccc(-c3ccc4ccc5ccccc5c4c3)cc2)c2ccccc2-c2ccccc2-n2c3ccccc3c3cc4ccccc4cc32)cc1. The van der Waals surface area contributed by atoms with Crippen molar-refractivity contribution in [1.82, 2.24) is 4.57 Å². The molecule has 62 heavy (non-hydrogen) atoms. The van der Waals surface area contributed by atoms with E-state index >= 15 is 0 Å². The molecule has 2 nitrogen and oxygen atoms in total. The first-order valence-corrected chi connectivity index (χ1v) is 21.3. The number of aromatic nitrogens is 1. The van der Waals surface area contributed by atoms with E-state index in [-0.39, 0.29) is 0 Å². The second-order valence-electron chi connectivity index (χ2n) is 16.1. The molecular weight excluding hydrogens is 749 g/mol. The summed E-state index contributed by atoms with van der Waals surface area (Å²) in [5.41, 5.74) is 13.8. The second kappa shape index (κ2) is 14.8. The van der Waals surface area contributed by atoms with Crippen molar-refractivity contribution in [2.24, 2.45) is 0 Å². The van der Waals surface area contributed by atoms with E-state index in [4.69, 9.17) is 0 Å². The highest BCUT2D eigenvalue weighted by atomic mass is 15.1. The van der Waals surface area contributed by atoms with Gasteiger partial charge < -0.3 is 9.47 Å².